The number of benzene rings is 1. The average molecular weight is 218 g/mol. The van der Waals surface area contributed by atoms with Crippen molar-refractivity contribution >= 4 is 11.6 Å². The third-order valence-electron chi connectivity index (χ3n) is 3.18. The van der Waals surface area contributed by atoms with Crippen molar-refractivity contribution in [1.82, 2.24) is 0 Å². The van der Waals surface area contributed by atoms with Gasteiger partial charge in [-0.05, 0) is 56.4 Å². The molecule has 16 heavy (non-hydrogen) atoms. The van der Waals surface area contributed by atoms with Crippen LogP contribution in [0, 0.1) is 13.8 Å². The van der Waals surface area contributed by atoms with E-state index in [0.29, 0.717) is 0 Å². The largest absolute Gasteiger partial charge is 0.324 e. The molecule has 1 amide bonds. The predicted octanol–water partition coefficient (Wildman–Crippen LogP) is 2.12. The number of hydrogen-bond acceptors (Lipinski definition) is 2. The topological polar surface area (TPSA) is 55.1 Å². The SMILES string of the molecule is Cc1cc(C)cc(NC(=O)C2(N)CCC2)c1. The summed E-state index contributed by atoms with van der Waals surface area (Å²) < 4.78 is 0. The van der Waals surface area contributed by atoms with Crippen molar-refractivity contribution in [2.24, 2.45) is 5.73 Å². The average Bonchev–Trinajstić information content (AvgIpc) is 2.12. The van der Waals surface area contributed by atoms with Crippen LogP contribution in [0.5, 0.6) is 0 Å². The van der Waals surface area contributed by atoms with Gasteiger partial charge >= 0.3 is 0 Å². The fraction of sp³-hybridized carbons (Fsp3) is 0.462. The van der Waals surface area contributed by atoms with Gasteiger partial charge in [0.05, 0.1) is 5.54 Å². The van der Waals surface area contributed by atoms with E-state index in [1.165, 1.54) is 0 Å². The third-order valence-corrected chi connectivity index (χ3v) is 3.18. The van der Waals surface area contributed by atoms with Crippen molar-refractivity contribution in [3.63, 3.8) is 0 Å². The molecule has 1 aromatic rings. The van der Waals surface area contributed by atoms with Crippen molar-refractivity contribution in [3.05, 3.63) is 29.3 Å². The molecule has 0 aliphatic heterocycles. The molecule has 3 heteroatoms. The summed E-state index contributed by atoms with van der Waals surface area (Å²) in [6, 6.07) is 6.01. The molecular weight excluding hydrogens is 200 g/mol. The standard InChI is InChI=1S/C13H18N2O/c1-9-6-10(2)8-11(7-9)15-12(16)13(14)4-3-5-13/h6-8H,3-5,14H2,1-2H3,(H,15,16). The lowest BCUT2D eigenvalue weighted by atomic mass is 9.77. The van der Waals surface area contributed by atoms with E-state index in [9.17, 15) is 4.79 Å². The zero-order valence-corrected chi connectivity index (χ0v) is 9.84. The molecule has 0 bridgehead atoms. The summed E-state index contributed by atoms with van der Waals surface area (Å²) in [5.74, 6) is -0.0521. The molecule has 2 rings (SSSR count). The molecule has 0 unspecified atom stereocenters. The van der Waals surface area contributed by atoms with Gasteiger partial charge in [-0.1, -0.05) is 6.07 Å². The fourth-order valence-electron chi connectivity index (χ4n) is 2.09. The van der Waals surface area contributed by atoms with Gasteiger partial charge in [-0.15, -0.1) is 0 Å². The molecule has 0 atom stereocenters. The molecule has 1 aliphatic rings. The van der Waals surface area contributed by atoms with Crippen LogP contribution in [-0.4, -0.2) is 11.4 Å². The van der Waals surface area contributed by atoms with Crippen LogP contribution >= 0.6 is 0 Å². The van der Waals surface area contributed by atoms with E-state index in [1.54, 1.807) is 0 Å². The Morgan fingerprint density at radius 1 is 1.25 bits per heavy atom. The number of amides is 1. The van der Waals surface area contributed by atoms with Gasteiger partial charge in [0.25, 0.3) is 0 Å². The van der Waals surface area contributed by atoms with Gasteiger partial charge in [-0.2, -0.15) is 0 Å². The van der Waals surface area contributed by atoms with Gasteiger partial charge in [0.1, 0.15) is 0 Å². The Kier molecular flexibility index (Phi) is 2.72. The van der Waals surface area contributed by atoms with E-state index in [2.05, 4.69) is 11.4 Å². The molecule has 0 aromatic heterocycles. The number of nitrogens with two attached hydrogens (primary N) is 1. The van der Waals surface area contributed by atoms with Crippen molar-refractivity contribution in [1.29, 1.82) is 0 Å². The second-order valence-corrected chi connectivity index (χ2v) is 4.84. The molecule has 3 N–H and O–H groups in total. The number of nitrogens with one attached hydrogen (secondary N) is 1. The maximum absolute atomic E-state index is 11.9. The highest BCUT2D eigenvalue weighted by Gasteiger charge is 2.40. The maximum Gasteiger partial charge on any atom is 0.244 e. The van der Waals surface area contributed by atoms with Crippen LogP contribution in [0.15, 0.2) is 18.2 Å². The highest BCUT2D eigenvalue weighted by molar-refractivity contribution is 5.98. The Bertz CT molecular complexity index is 402. The van der Waals surface area contributed by atoms with E-state index < -0.39 is 5.54 Å². The van der Waals surface area contributed by atoms with E-state index in [-0.39, 0.29) is 5.91 Å². The highest BCUT2D eigenvalue weighted by atomic mass is 16.2. The van der Waals surface area contributed by atoms with Crippen molar-refractivity contribution in [2.75, 3.05) is 5.32 Å². The summed E-state index contributed by atoms with van der Waals surface area (Å²) in [5, 5.41) is 2.90. The predicted molar refractivity (Wildman–Crippen MR) is 65.3 cm³/mol. The van der Waals surface area contributed by atoms with Gasteiger partial charge in [-0.25, -0.2) is 0 Å². The number of rotatable bonds is 2. The molecule has 0 radical (unpaired) electrons. The van der Waals surface area contributed by atoms with E-state index >= 15 is 0 Å². The second-order valence-electron chi connectivity index (χ2n) is 4.84. The number of carbonyl (C=O) groups excluding carboxylic acids is 1. The number of anilines is 1. The van der Waals surface area contributed by atoms with Crippen LogP contribution in [0.4, 0.5) is 5.69 Å². The lowest BCUT2D eigenvalue weighted by molar-refractivity contribution is -0.123. The first-order chi connectivity index (χ1) is 7.49. The van der Waals surface area contributed by atoms with Crippen LogP contribution < -0.4 is 11.1 Å². The smallest absolute Gasteiger partial charge is 0.244 e. The van der Waals surface area contributed by atoms with E-state index in [4.69, 9.17) is 5.73 Å². The minimum atomic E-state index is -0.627. The molecule has 3 nitrogen and oxygen atoms in total. The zero-order chi connectivity index (χ0) is 11.8. The van der Waals surface area contributed by atoms with Gasteiger partial charge in [0.15, 0.2) is 0 Å². The molecular formula is C13H18N2O. The van der Waals surface area contributed by atoms with Crippen LogP contribution in [0.2, 0.25) is 0 Å². The Morgan fingerprint density at radius 2 is 1.81 bits per heavy atom. The van der Waals surface area contributed by atoms with Crippen molar-refractivity contribution in [2.45, 2.75) is 38.6 Å². The molecule has 0 spiro atoms. The molecule has 1 aliphatic carbocycles. The van der Waals surface area contributed by atoms with Gasteiger partial charge < -0.3 is 11.1 Å². The summed E-state index contributed by atoms with van der Waals surface area (Å²) in [4.78, 5) is 11.9. The summed E-state index contributed by atoms with van der Waals surface area (Å²) in [7, 11) is 0. The van der Waals surface area contributed by atoms with Crippen molar-refractivity contribution < 1.29 is 4.79 Å². The van der Waals surface area contributed by atoms with E-state index in [1.807, 2.05) is 26.0 Å². The van der Waals surface area contributed by atoms with Crippen LogP contribution in [0.1, 0.15) is 30.4 Å². The van der Waals surface area contributed by atoms with Gasteiger partial charge in [-0.3, -0.25) is 4.79 Å². The number of carbonyl (C=O) groups is 1. The Hall–Kier alpha value is -1.35. The Labute approximate surface area is 96.0 Å². The normalized spacial score (nSPS) is 17.7. The molecule has 0 heterocycles. The second kappa shape index (κ2) is 3.91. The molecule has 1 fully saturated rings. The first kappa shape index (κ1) is 11.1. The minimum absolute atomic E-state index is 0.0521. The maximum atomic E-state index is 11.9. The quantitative estimate of drug-likeness (QED) is 0.799. The monoisotopic (exact) mass is 218 g/mol. The Balaban J connectivity index is 2.11. The fourth-order valence-corrected chi connectivity index (χ4v) is 2.09. The number of aryl methyl sites for hydroxylation is 2. The van der Waals surface area contributed by atoms with Gasteiger partial charge in [0, 0.05) is 5.69 Å². The summed E-state index contributed by atoms with van der Waals surface area (Å²) in [5.41, 5.74) is 8.47. The number of hydrogen-bond donors (Lipinski definition) is 2. The molecule has 0 saturated heterocycles. The van der Waals surface area contributed by atoms with E-state index in [0.717, 1.165) is 36.1 Å². The first-order valence-corrected chi connectivity index (χ1v) is 5.68. The first-order valence-electron chi connectivity index (χ1n) is 5.68. The zero-order valence-electron chi connectivity index (χ0n) is 9.84. The van der Waals surface area contributed by atoms with Crippen LogP contribution in [-0.2, 0) is 4.79 Å². The van der Waals surface area contributed by atoms with Crippen molar-refractivity contribution in [3.8, 4) is 0 Å². The molecule has 1 aromatic carbocycles. The third kappa shape index (κ3) is 2.09. The summed E-state index contributed by atoms with van der Waals surface area (Å²) >= 11 is 0. The highest BCUT2D eigenvalue weighted by Crippen LogP contribution is 2.30. The molecule has 86 valence electrons. The lowest BCUT2D eigenvalue weighted by Gasteiger charge is -2.36. The summed E-state index contributed by atoms with van der Waals surface area (Å²) in [6.45, 7) is 4.04. The van der Waals surface area contributed by atoms with Crippen LogP contribution in [0.3, 0.4) is 0 Å². The lowest BCUT2D eigenvalue weighted by Crippen LogP contribution is -2.56. The minimum Gasteiger partial charge on any atom is -0.324 e. The summed E-state index contributed by atoms with van der Waals surface area (Å²) in [6.07, 6.45) is 2.64. The van der Waals surface area contributed by atoms with Gasteiger partial charge in [0.2, 0.25) is 5.91 Å². The van der Waals surface area contributed by atoms with Crippen LogP contribution in [0.25, 0.3) is 0 Å². The molecule has 1 saturated carbocycles. The Morgan fingerprint density at radius 3 is 2.25 bits per heavy atom.